The Bertz CT molecular complexity index is 437. The maximum absolute atomic E-state index is 11.9. The number of hydrogen-bond acceptors (Lipinski definition) is 9. The van der Waals surface area contributed by atoms with E-state index in [0.717, 1.165) is 0 Å². The second-order valence-corrected chi connectivity index (χ2v) is 5.89. The topological polar surface area (TPSA) is 108 Å². The minimum atomic E-state index is -0.539. The van der Waals surface area contributed by atoms with Crippen LogP contribution in [0.4, 0.5) is 0 Å². The number of carbonyl (C=O) groups excluding carboxylic acids is 4. The molecule has 0 saturated carbocycles. The van der Waals surface area contributed by atoms with Crippen LogP contribution in [0.25, 0.3) is 0 Å². The molecule has 0 aromatic heterocycles. The van der Waals surface area contributed by atoms with Crippen LogP contribution in [0.15, 0.2) is 0 Å². The first-order valence-corrected chi connectivity index (χ1v) is 8.26. The van der Waals surface area contributed by atoms with Gasteiger partial charge in [-0.3, -0.25) is 19.2 Å². The van der Waals surface area contributed by atoms with E-state index < -0.39 is 35.7 Å². The van der Waals surface area contributed by atoms with Crippen LogP contribution < -0.4 is 0 Å². The number of esters is 4. The Labute approximate surface area is 153 Å². The zero-order chi connectivity index (χ0) is 20.1. The molecule has 0 aromatic rings. The second-order valence-electron chi connectivity index (χ2n) is 5.89. The molecule has 2 atom stereocenters. The molecule has 0 spiro atoms. The third-order valence-corrected chi connectivity index (χ3v) is 3.98. The van der Waals surface area contributed by atoms with Gasteiger partial charge in [-0.25, -0.2) is 0 Å². The standard InChI is InChI=1S/C17H29NO8/c1-18(10-12(16(21)25-4)6-8-14(19)23-2)11-13(17(22)26-5)7-9-15(20)24-3/h12-13H,6-11H2,1-5H3. The van der Waals surface area contributed by atoms with Gasteiger partial charge in [0.25, 0.3) is 0 Å². The Hall–Kier alpha value is -2.16. The third kappa shape index (κ3) is 9.36. The smallest absolute Gasteiger partial charge is 0.309 e. The van der Waals surface area contributed by atoms with Gasteiger partial charge in [0.15, 0.2) is 0 Å². The number of nitrogens with zero attached hydrogens (tertiary/aromatic N) is 1. The Balaban J connectivity index is 4.81. The quantitative estimate of drug-likeness (QED) is 0.354. The lowest BCUT2D eigenvalue weighted by molar-refractivity contribution is -0.147. The molecule has 0 N–H and O–H groups in total. The van der Waals surface area contributed by atoms with E-state index in [0.29, 0.717) is 0 Å². The maximum atomic E-state index is 11.9. The molecular weight excluding hydrogens is 346 g/mol. The molecule has 0 aliphatic carbocycles. The van der Waals surface area contributed by atoms with E-state index in [-0.39, 0.29) is 38.8 Å². The van der Waals surface area contributed by atoms with Gasteiger partial charge in [-0.2, -0.15) is 0 Å². The van der Waals surface area contributed by atoms with Gasteiger partial charge < -0.3 is 23.8 Å². The number of rotatable bonds is 12. The van der Waals surface area contributed by atoms with Gasteiger partial charge in [0, 0.05) is 25.9 Å². The minimum Gasteiger partial charge on any atom is -0.469 e. The molecule has 0 aliphatic heterocycles. The Morgan fingerprint density at radius 1 is 0.692 bits per heavy atom. The highest BCUT2D eigenvalue weighted by Gasteiger charge is 2.26. The summed E-state index contributed by atoms with van der Waals surface area (Å²) in [5, 5.41) is 0. The summed E-state index contributed by atoms with van der Waals surface area (Å²) >= 11 is 0. The van der Waals surface area contributed by atoms with Crippen LogP contribution in [-0.2, 0) is 38.1 Å². The third-order valence-electron chi connectivity index (χ3n) is 3.98. The van der Waals surface area contributed by atoms with E-state index in [1.165, 1.54) is 28.4 Å². The summed E-state index contributed by atoms with van der Waals surface area (Å²) < 4.78 is 18.7. The van der Waals surface area contributed by atoms with Gasteiger partial charge in [0.05, 0.1) is 40.3 Å². The van der Waals surface area contributed by atoms with Crippen LogP contribution in [0.2, 0.25) is 0 Å². The highest BCUT2D eigenvalue weighted by molar-refractivity contribution is 5.75. The normalized spacial score (nSPS) is 12.8. The van der Waals surface area contributed by atoms with Crippen molar-refractivity contribution in [1.29, 1.82) is 0 Å². The molecule has 0 aliphatic rings. The molecule has 0 aromatic carbocycles. The summed E-state index contributed by atoms with van der Waals surface area (Å²) in [7, 11) is 6.86. The molecule has 0 rings (SSSR count). The average Bonchev–Trinajstić information content (AvgIpc) is 2.65. The molecule has 0 heterocycles. The average molecular weight is 375 g/mol. The molecular formula is C17H29NO8. The van der Waals surface area contributed by atoms with Crippen molar-refractivity contribution in [3.05, 3.63) is 0 Å². The van der Waals surface area contributed by atoms with Gasteiger partial charge in [-0.05, 0) is 19.9 Å². The molecule has 150 valence electrons. The van der Waals surface area contributed by atoms with E-state index in [9.17, 15) is 19.2 Å². The van der Waals surface area contributed by atoms with Crippen LogP contribution in [0.1, 0.15) is 25.7 Å². The highest BCUT2D eigenvalue weighted by atomic mass is 16.5. The zero-order valence-electron chi connectivity index (χ0n) is 16.1. The molecule has 0 radical (unpaired) electrons. The number of methoxy groups -OCH3 is 4. The first-order valence-electron chi connectivity index (χ1n) is 8.26. The highest BCUT2D eigenvalue weighted by Crippen LogP contribution is 2.15. The lowest BCUT2D eigenvalue weighted by atomic mass is 10.00. The Kier molecular flexibility index (Phi) is 12.0. The van der Waals surface area contributed by atoms with Crippen molar-refractivity contribution in [1.82, 2.24) is 4.90 Å². The van der Waals surface area contributed by atoms with Crippen molar-refractivity contribution in [3.63, 3.8) is 0 Å². The number of ether oxygens (including phenoxy) is 4. The van der Waals surface area contributed by atoms with Crippen LogP contribution in [0.3, 0.4) is 0 Å². The van der Waals surface area contributed by atoms with Crippen LogP contribution >= 0.6 is 0 Å². The maximum Gasteiger partial charge on any atom is 0.309 e. The van der Waals surface area contributed by atoms with Gasteiger partial charge in [0.2, 0.25) is 0 Å². The predicted molar refractivity (Wildman–Crippen MR) is 91.0 cm³/mol. The molecule has 26 heavy (non-hydrogen) atoms. The summed E-state index contributed by atoms with van der Waals surface area (Å²) in [5.74, 6) is -2.78. The fourth-order valence-corrected chi connectivity index (χ4v) is 2.52. The van der Waals surface area contributed by atoms with Crippen LogP contribution in [0, 0.1) is 11.8 Å². The zero-order valence-corrected chi connectivity index (χ0v) is 16.1. The fourth-order valence-electron chi connectivity index (χ4n) is 2.52. The summed E-state index contributed by atoms with van der Waals surface area (Å²) in [5.41, 5.74) is 0. The summed E-state index contributed by atoms with van der Waals surface area (Å²) in [6.07, 6.45) is 0.725. The van der Waals surface area contributed by atoms with E-state index >= 15 is 0 Å². The first kappa shape index (κ1) is 23.8. The van der Waals surface area contributed by atoms with Crippen molar-refractivity contribution in [3.8, 4) is 0 Å². The molecule has 0 amide bonds. The summed E-state index contributed by atoms with van der Waals surface area (Å²) in [6, 6.07) is 0. The molecule has 0 bridgehead atoms. The largest absolute Gasteiger partial charge is 0.469 e. The molecule has 0 saturated heterocycles. The van der Waals surface area contributed by atoms with Crippen LogP contribution in [0.5, 0.6) is 0 Å². The lowest BCUT2D eigenvalue weighted by Gasteiger charge is -2.25. The summed E-state index contributed by atoms with van der Waals surface area (Å²) in [4.78, 5) is 48.2. The van der Waals surface area contributed by atoms with E-state index in [1.807, 2.05) is 0 Å². The second kappa shape index (κ2) is 13.1. The Morgan fingerprint density at radius 2 is 1.04 bits per heavy atom. The van der Waals surface area contributed by atoms with Gasteiger partial charge in [-0.1, -0.05) is 0 Å². The minimum absolute atomic E-state index is 0.0902. The number of hydrogen-bond donors (Lipinski definition) is 0. The van der Waals surface area contributed by atoms with E-state index in [2.05, 4.69) is 9.47 Å². The lowest BCUT2D eigenvalue weighted by Crippen LogP contribution is -2.37. The SMILES string of the molecule is COC(=O)CCC(CN(C)CC(CCC(=O)OC)C(=O)OC)C(=O)OC. The predicted octanol–water partition coefficient (Wildman–Crippen LogP) is 0.403. The summed E-state index contributed by atoms with van der Waals surface area (Å²) in [6.45, 7) is 0.574. The van der Waals surface area contributed by atoms with Crippen molar-refractivity contribution < 1.29 is 38.1 Å². The van der Waals surface area contributed by atoms with Gasteiger partial charge >= 0.3 is 23.9 Å². The van der Waals surface area contributed by atoms with Gasteiger partial charge in [0.1, 0.15) is 0 Å². The molecule has 2 unspecified atom stereocenters. The van der Waals surface area contributed by atoms with Crippen molar-refractivity contribution in [2.45, 2.75) is 25.7 Å². The van der Waals surface area contributed by atoms with Gasteiger partial charge in [-0.15, -0.1) is 0 Å². The fraction of sp³-hybridized carbons (Fsp3) is 0.765. The molecule has 9 nitrogen and oxygen atoms in total. The van der Waals surface area contributed by atoms with Crippen molar-refractivity contribution in [2.24, 2.45) is 11.8 Å². The van der Waals surface area contributed by atoms with E-state index in [1.54, 1.807) is 11.9 Å². The Morgan fingerprint density at radius 3 is 1.31 bits per heavy atom. The monoisotopic (exact) mass is 375 g/mol. The first-order chi connectivity index (χ1) is 12.3. The van der Waals surface area contributed by atoms with Crippen molar-refractivity contribution >= 4 is 23.9 Å². The molecule has 0 fully saturated rings. The van der Waals surface area contributed by atoms with Crippen LogP contribution in [-0.4, -0.2) is 77.4 Å². The molecule has 9 heteroatoms. The number of carbonyl (C=O) groups is 4. The van der Waals surface area contributed by atoms with Crippen molar-refractivity contribution in [2.75, 3.05) is 48.6 Å². The van der Waals surface area contributed by atoms with E-state index in [4.69, 9.17) is 9.47 Å².